The standard InChI is InChI=1S/C32H30F6N3O3PS/c1-42-24-4-10-27(11-5-24)45(28-12-6-25(43-2)7-13-28,29-14-8-26(44-3)9-15-29)40-17-16-39-30(46)41-23-19-21(31(33,34)35)18-22(20-23)32(36,37)38/h4-15,18-20H,16-17H2,1-3H3,(H2,39,41,46). The van der Waals surface area contributed by atoms with Crippen LogP contribution in [0.4, 0.5) is 32.0 Å². The zero-order valence-corrected chi connectivity index (χ0v) is 26.6. The molecule has 46 heavy (non-hydrogen) atoms. The van der Waals surface area contributed by atoms with Crippen LogP contribution < -0.4 is 40.8 Å². The van der Waals surface area contributed by atoms with Crippen LogP contribution in [0.1, 0.15) is 11.1 Å². The van der Waals surface area contributed by atoms with Crippen LogP contribution in [0.5, 0.6) is 17.2 Å². The van der Waals surface area contributed by atoms with Gasteiger partial charge in [0.2, 0.25) is 0 Å². The molecule has 0 bridgehead atoms. The summed E-state index contributed by atoms with van der Waals surface area (Å²) in [5, 5.41) is 7.86. The van der Waals surface area contributed by atoms with E-state index in [1.54, 1.807) is 21.3 Å². The lowest BCUT2D eigenvalue weighted by Crippen LogP contribution is -2.31. The van der Waals surface area contributed by atoms with Gasteiger partial charge in [0.15, 0.2) is 5.11 Å². The maximum atomic E-state index is 13.3. The molecule has 4 aromatic carbocycles. The first-order chi connectivity index (χ1) is 21.8. The van der Waals surface area contributed by atoms with Crippen molar-refractivity contribution in [2.45, 2.75) is 12.4 Å². The number of methoxy groups -OCH3 is 3. The van der Waals surface area contributed by atoms with Gasteiger partial charge >= 0.3 is 12.4 Å². The lowest BCUT2D eigenvalue weighted by molar-refractivity contribution is -0.143. The molecule has 244 valence electrons. The summed E-state index contributed by atoms with van der Waals surface area (Å²) in [7, 11) is 1.99. The Morgan fingerprint density at radius 3 is 1.35 bits per heavy atom. The topological polar surface area (TPSA) is 64.1 Å². The molecule has 4 rings (SSSR count). The SMILES string of the molecule is COc1ccc(P(=NCCNC(=S)Nc2cc(C(F)(F)F)cc(C(F)(F)F)c2)(c2ccc(OC)cc2)c2ccc(OC)cc2)cc1. The highest BCUT2D eigenvalue weighted by Gasteiger charge is 2.37. The van der Waals surface area contributed by atoms with Crippen LogP contribution >= 0.6 is 19.3 Å². The number of nitrogens with zero attached hydrogens (tertiary/aromatic N) is 1. The zero-order chi connectivity index (χ0) is 33.5. The summed E-state index contributed by atoms with van der Waals surface area (Å²) in [5.41, 5.74) is -3.35. The minimum Gasteiger partial charge on any atom is -0.497 e. The van der Waals surface area contributed by atoms with Crippen molar-refractivity contribution in [3.05, 3.63) is 102 Å². The molecule has 0 fully saturated rings. The molecule has 0 aromatic heterocycles. The quantitative estimate of drug-likeness (QED) is 0.0799. The molecule has 0 aliphatic heterocycles. The van der Waals surface area contributed by atoms with Gasteiger partial charge < -0.3 is 24.8 Å². The van der Waals surface area contributed by atoms with Crippen LogP contribution in [-0.4, -0.2) is 39.5 Å². The third kappa shape index (κ3) is 8.13. The second-order valence-electron chi connectivity index (χ2n) is 9.77. The minimum absolute atomic E-state index is 0.0569. The number of benzene rings is 4. The van der Waals surface area contributed by atoms with Gasteiger partial charge in [-0.05, 0) is 103 Å². The van der Waals surface area contributed by atoms with Crippen LogP contribution in [0, 0.1) is 0 Å². The summed E-state index contributed by atoms with van der Waals surface area (Å²) >= 11 is 5.22. The number of alkyl halides is 6. The first-order valence-electron chi connectivity index (χ1n) is 13.7. The average Bonchev–Trinajstić information content (AvgIpc) is 3.04. The third-order valence-electron chi connectivity index (χ3n) is 6.89. The molecule has 0 saturated heterocycles. The predicted molar refractivity (Wildman–Crippen MR) is 173 cm³/mol. The van der Waals surface area contributed by atoms with Crippen molar-refractivity contribution in [3.63, 3.8) is 0 Å². The number of thiocarbonyl (C=S) groups is 1. The van der Waals surface area contributed by atoms with Crippen molar-refractivity contribution in [1.29, 1.82) is 0 Å². The molecule has 0 radical (unpaired) electrons. The van der Waals surface area contributed by atoms with Crippen LogP contribution in [-0.2, 0) is 12.4 Å². The molecule has 4 aromatic rings. The maximum absolute atomic E-state index is 13.3. The molecular weight excluding hydrogens is 651 g/mol. The highest BCUT2D eigenvalue weighted by molar-refractivity contribution is 7.87. The average molecular weight is 682 g/mol. The van der Waals surface area contributed by atoms with E-state index in [0.717, 1.165) is 15.9 Å². The van der Waals surface area contributed by atoms with Crippen molar-refractivity contribution >= 4 is 46.0 Å². The number of hydrogen-bond acceptors (Lipinski definition) is 5. The Labute approximate surface area is 267 Å². The highest BCUT2D eigenvalue weighted by atomic mass is 32.1. The molecule has 14 heteroatoms. The van der Waals surface area contributed by atoms with Crippen molar-refractivity contribution in [2.75, 3.05) is 39.7 Å². The molecule has 0 atom stereocenters. The van der Waals surface area contributed by atoms with Gasteiger partial charge in [-0.1, -0.05) is 0 Å². The number of halogens is 6. The summed E-state index contributed by atoms with van der Waals surface area (Å²) in [6.45, 7) is 0.303. The highest BCUT2D eigenvalue weighted by Crippen LogP contribution is 2.47. The zero-order valence-electron chi connectivity index (χ0n) is 24.9. The maximum Gasteiger partial charge on any atom is 0.416 e. The van der Waals surface area contributed by atoms with Crippen LogP contribution in [0.25, 0.3) is 0 Å². The number of ether oxygens (including phenoxy) is 3. The molecular formula is C32H30F6N3O3PS. The van der Waals surface area contributed by atoms with Crippen LogP contribution in [0.2, 0.25) is 0 Å². The summed E-state index contributed by atoms with van der Waals surface area (Å²) in [6.07, 6.45) is -9.97. The van der Waals surface area contributed by atoms with E-state index >= 15 is 0 Å². The molecule has 0 unspecified atom stereocenters. The molecule has 0 aliphatic rings. The Hall–Kier alpha value is -4.22. The Balaban J connectivity index is 1.69. The van der Waals surface area contributed by atoms with Gasteiger partial charge in [0.05, 0.1) is 46.1 Å². The second kappa shape index (κ2) is 14.5. The Morgan fingerprint density at radius 2 is 1.02 bits per heavy atom. The molecule has 0 spiro atoms. The van der Waals surface area contributed by atoms with E-state index in [1.807, 2.05) is 72.8 Å². The number of hydrogen-bond donors (Lipinski definition) is 2. The number of anilines is 1. The fourth-order valence-electron chi connectivity index (χ4n) is 4.66. The van der Waals surface area contributed by atoms with Crippen molar-refractivity contribution in [1.82, 2.24) is 5.32 Å². The van der Waals surface area contributed by atoms with Crippen LogP contribution in [0.15, 0.2) is 95.7 Å². The molecule has 0 heterocycles. The minimum atomic E-state index is -4.98. The molecule has 0 saturated carbocycles. The van der Waals surface area contributed by atoms with E-state index < -0.39 is 36.2 Å². The molecule has 0 aliphatic carbocycles. The van der Waals surface area contributed by atoms with Gasteiger partial charge in [0.25, 0.3) is 0 Å². The smallest absolute Gasteiger partial charge is 0.416 e. The summed E-state index contributed by atoms with van der Waals surface area (Å²) in [4.78, 5) is 0. The lowest BCUT2D eigenvalue weighted by atomic mass is 10.1. The van der Waals surface area contributed by atoms with Gasteiger partial charge in [-0.15, -0.1) is 0 Å². The van der Waals surface area contributed by atoms with E-state index in [2.05, 4.69) is 10.6 Å². The van der Waals surface area contributed by atoms with E-state index in [1.165, 1.54) is 0 Å². The predicted octanol–water partition coefficient (Wildman–Crippen LogP) is 7.21. The first kappa shape index (κ1) is 34.6. The lowest BCUT2D eigenvalue weighted by Gasteiger charge is -2.27. The Morgan fingerprint density at radius 1 is 0.652 bits per heavy atom. The Bertz CT molecular complexity index is 1540. The van der Waals surface area contributed by atoms with E-state index in [0.29, 0.717) is 29.4 Å². The summed E-state index contributed by atoms with van der Waals surface area (Å²) in [6, 6.07) is 23.9. The molecule has 2 N–H and O–H groups in total. The monoisotopic (exact) mass is 681 g/mol. The summed E-state index contributed by atoms with van der Waals surface area (Å²) in [5.74, 6) is 1.98. The van der Waals surface area contributed by atoms with Crippen molar-refractivity contribution in [3.8, 4) is 17.2 Å². The third-order valence-corrected chi connectivity index (χ3v) is 10.9. The Kier molecular flexibility index (Phi) is 10.9. The summed E-state index contributed by atoms with van der Waals surface area (Å²) < 4.78 is 101. The number of nitrogens with one attached hydrogen (secondary N) is 2. The van der Waals surface area contributed by atoms with Gasteiger partial charge in [0, 0.05) is 28.1 Å². The van der Waals surface area contributed by atoms with Crippen molar-refractivity contribution < 1.29 is 40.6 Å². The second-order valence-corrected chi connectivity index (χ2v) is 13.3. The van der Waals surface area contributed by atoms with Gasteiger partial charge in [-0.25, -0.2) is 0 Å². The number of rotatable bonds is 10. The first-order valence-corrected chi connectivity index (χ1v) is 15.8. The van der Waals surface area contributed by atoms with E-state index in [9.17, 15) is 26.3 Å². The van der Waals surface area contributed by atoms with E-state index in [4.69, 9.17) is 31.2 Å². The van der Waals surface area contributed by atoms with Crippen LogP contribution in [0.3, 0.4) is 0 Å². The van der Waals surface area contributed by atoms with Crippen molar-refractivity contribution in [2.24, 2.45) is 4.74 Å². The van der Waals surface area contributed by atoms with E-state index in [-0.39, 0.29) is 24.3 Å². The normalized spacial score (nSPS) is 11.8. The fourth-order valence-corrected chi connectivity index (χ4v) is 8.40. The fraction of sp³-hybridized carbons (Fsp3) is 0.219. The van der Waals surface area contributed by atoms with Gasteiger partial charge in [-0.2, -0.15) is 26.3 Å². The largest absolute Gasteiger partial charge is 0.497 e. The molecule has 0 amide bonds. The van der Waals surface area contributed by atoms with Gasteiger partial charge in [0.1, 0.15) is 17.2 Å². The molecule has 6 nitrogen and oxygen atoms in total. The van der Waals surface area contributed by atoms with Gasteiger partial charge in [-0.3, -0.25) is 4.74 Å².